The number of hydrogen-bond acceptors (Lipinski definition) is 5. The van der Waals surface area contributed by atoms with Gasteiger partial charge in [0.05, 0.1) is 15.7 Å². The molecule has 0 radical (unpaired) electrons. The van der Waals surface area contributed by atoms with Crippen LogP contribution in [0.3, 0.4) is 0 Å². The second kappa shape index (κ2) is 7.85. The highest BCUT2D eigenvalue weighted by Crippen LogP contribution is 2.26. The number of nitrogens with one attached hydrogen (secondary N) is 1. The van der Waals surface area contributed by atoms with Gasteiger partial charge in [-0.3, -0.25) is 14.9 Å². The number of rotatable bonds is 5. The molecule has 1 atom stereocenters. The maximum absolute atomic E-state index is 12.8. The number of anilines is 1. The summed E-state index contributed by atoms with van der Waals surface area (Å²) in [6.07, 6.45) is 1.17. The lowest BCUT2D eigenvalue weighted by Gasteiger charge is -2.31. The number of sulfonamides is 1. The standard InChI is InChI=1S/C18H19N3O5S/c22-18(19-15-6-2-1-3-7-15)14-5-4-12-20(13-14)27(25,26)17-10-8-16(9-11-17)21(23)24/h1-3,6-11,14H,4-5,12-13H2,(H,19,22). The Morgan fingerprint density at radius 3 is 2.41 bits per heavy atom. The lowest BCUT2D eigenvalue weighted by molar-refractivity contribution is -0.384. The van der Waals surface area contributed by atoms with E-state index in [1.54, 1.807) is 12.1 Å². The van der Waals surface area contributed by atoms with Crippen LogP contribution in [0.2, 0.25) is 0 Å². The van der Waals surface area contributed by atoms with Crippen LogP contribution in [0, 0.1) is 16.0 Å². The fraction of sp³-hybridized carbons (Fsp3) is 0.278. The Labute approximate surface area is 157 Å². The first kappa shape index (κ1) is 19.0. The van der Waals surface area contributed by atoms with Crippen LogP contribution in [-0.4, -0.2) is 36.6 Å². The number of nitro benzene ring substituents is 1. The van der Waals surface area contributed by atoms with Crippen molar-refractivity contribution in [3.63, 3.8) is 0 Å². The Bertz CT molecular complexity index is 929. The third-order valence-electron chi connectivity index (χ3n) is 4.48. The molecule has 1 unspecified atom stereocenters. The minimum Gasteiger partial charge on any atom is -0.326 e. The molecule has 0 aliphatic carbocycles. The molecule has 1 aliphatic heterocycles. The van der Waals surface area contributed by atoms with Crippen molar-refractivity contribution in [2.24, 2.45) is 5.92 Å². The van der Waals surface area contributed by atoms with Crippen LogP contribution < -0.4 is 5.32 Å². The first-order chi connectivity index (χ1) is 12.9. The number of hydrogen-bond donors (Lipinski definition) is 1. The van der Waals surface area contributed by atoms with Gasteiger partial charge in [0.1, 0.15) is 0 Å². The molecule has 142 valence electrons. The van der Waals surface area contributed by atoms with Gasteiger partial charge in [-0.05, 0) is 37.1 Å². The predicted molar refractivity (Wildman–Crippen MR) is 99.7 cm³/mol. The molecule has 1 saturated heterocycles. The number of carbonyl (C=O) groups excluding carboxylic acids is 1. The molecule has 0 aromatic heterocycles. The SMILES string of the molecule is O=C(Nc1ccccc1)C1CCCN(S(=O)(=O)c2ccc([N+](=O)[O-])cc2)C1. The van der Waals surface area contributed by atoms with Crippen LogP contribution >= 0.6 is 0 Å². The molecular weight excluding hydrogens is 370 g/mol. The topological polar surface area (TPSA) is 110 Å². The van der Waals surface area contributed by atoms with Gasteiger partial charge in [-0.25, -0.2) is 8.42 Å². The highest BCUT2D eigenvalue weighted by Gasteiger charge is 2.33. The molecule has 27 heavy (non-hydrogen) atoms. The zero-order valence-corrected chi connectivity index (χ0v) is 15.3. The van der Waals surface area contributed by atoms with Gasteiger partial charge in [0.25, 0.3) is 5.69 Å². The van der Waals surface area contributed by atoms with Gasteiger partial charge in [0.15, 0.2) is 0 Å². The lowest BCUT2D eigenvalue weighted by atomic mass is 9.99. The smallest absolute Gasteiger partial charge is 0.269 e. The molecule has 2 aromatic rings. The molecule has 0 bridgehead atoms. The second-order valence-electron chi connectivity index (χ2n) is 6.31. The molecule has 0 spiro atoms. The first-order valence-corrected chi connectivity index (χ1v) is 9.92. The fourth-order valence-corrected chi connectivity index (χ4v) is 4.55. The van der Waals surface area contributed by atoms with E-state index < -0.39 is 20.9 Å². The lowest BCUT2D eigenvalue weighted by Crippen LogP contribution is -2.43. The summed E-state index contributed by atoms with van der Waals surface area (Å²) in [4.78, 5) is 22.6. The number of para-hydroxylation sites is 1. The van der Waals surface area contributed by atoms with E-state index in [1.165, 1.54) is 16.4 Å². The highest BCUT2D eigenvalue weighted by molar-refractivity contribution is 7.89. The van der Waals surface area contributed by atoms with Crippen molar-refractivity contribution in [3.05, 3.63) is 64.7 Å². The van der Waals surface area contributed by atoms with Crippen LogP contribution in [0.5, 0.6) is 0 Å². The van der Waals surface area contributed by atoms with Crippen molar-refractivity contribution < 1.29 is 18.1 Å². The highest BCUT2D eigenvalue weighted by atomic mass is 32.2. The summed E-state index contributed by atoms with van der Waals surface area (Å²) >= 11 is 0. The molecular formula is C18H19N3O5S. The average Bonchev–Trinajstić information content (AvgIpc) is 2.69. The molecule has 1 N–H and O–H groups in total. The summed E-state index contributed by atoms with van der Waals surface area (Å²) in [6.45, 7) is 0.395. The van der Waals surface area contributed by atoms with E-state index >= 15 is 0 Å². The van der Waals surface area contributed by atoms with Crippen LogP contribution in [0.25, 0.3) is 0 Å². The number of benzene rings is 2. The number of carbonyl (C=O) groups is 1. The van der Waals surface area contributed by atoms with Crippen molar-refractivity contribution in [2.45, 2.75) is 17.7 Å². The Morgan fingerprint density at radius 1 is 1.11 bits per heavy atom. The normalized spacial score (nSPS) is 18.0. The number of nitrogens with zero attached hydrogens (tertiary/aromatic N) is 2. The van der Waals surface area contributed by atoms with Gasteiger partial charge in [0, 0.05) is 30.9 Å². The van der Waals surface area contributed by atoms with Crippen molar-refractivity contribution in [3.8, 4) is 0 Å². The van der Waals surface area contributed by atoms with Gasteiger partial charge < -0.3 is 5.32 Å². The summed E-state index contributed by atoms with van der Waals surface area (Å²) in [5, 5.41) is 13.5. The van der Waals surface area contributed by atoms with E-state index in [-0.39, 0.29) is 23.0 Å². The zero-order chi connectivity index (χ0) is 19.4. The molecule has 8 nitrogen and oxygen atoms in total. The Hall–Kier alpha value is -2.78. The molecule has 1 amide bonds. The maximum Gasteiger partial charge on any atom is 0.269 e. The maximum atomic E-state index is 12.8. The molecule has 0 saturated carbocycles. The third kappa shape index (κ3) is 4.32. The molecule has 1 aliphatic rings. The van der Waals surface area contributed by atoms with Crippen LogP contribution in [0.15, 0.2) is 59.5 Å². The Balaban J connectivity index is 1.72. The van der Waals surface area contributed by atoms with Gasteiger partial charge >= 0.3 is 0 Å². The van der Waals surface area contributed by atoms with Crippen LogP contribution in [-0.2, 0) is 14.8 Å². The zero-order valence-electron chi connectivity index (χ0n) is 14.4. The Kier molecular flexibility index (Phi) is 5.52. The average molecular weight is 389 g/mol. The summed E-state index contributed by atoms with van der Waals surface area (Å²) in [5.74, 6) is -0.670. The molecule has 3 rings (SSSR count). The van der Waals surface area contributed by atoms with Crippen molar-refractivity contribution in [2.75, 3.05) is 18.4 Å². The predicted octanol–water partition coefficient (Wildman–Crippen LogP) is 2.63. The van der Waals surface area contributed by atoms with Crippen molar-refractivity contribution in [1.29, 1.82) is 0 Å². The molecule has 1 heterocycles. The van der Waals surface area contributed by atoms with E-state index in [0.29, 0.717) is 25.1 Å². The number of piperidine rings is 1. The van der Waals surface area contributed by atoms with Gasteiger partial charge in [-0.2, -0.15) is 4.31 Å². The number of amides is 1. The molecule has 1 fully saturated rings. The van der Waals surface area contributed by atoms with Crippen LogP contribution in [0.1, 0.15) is 12.8 Å². The second-order valence-corrected chi connectivity index (χ2v) is 8.25. The molecule has 2 aromatic carbocycles. The number of nitro groups is 1. The van der Waals surface area contributed by atoms with E-state index in [1.807, 2.05) is 18.2 Å². The largest absolute Gasteiger partial charge is 0.326 e. The van der Waals surface area contributed by atoms with Gasteiger partial charge in [-0.15, -0.1) is 0 Å². The van der Waals surface area contributed by atoms with Crippen molar-refractivity contribution in [1.82, 2.24) is 4.31 Å². The van der Waals surface area contributed by atoms with E-state index in [0.717, 1.165) is 12.1 Å². The first-order valence-electron chi connectivity index (χ1n) is 8.48. The van der Waals surface area contributed by atoms with Crippen molar-refractivity contribution >= 4 is 27.3 Å². The quantitative estimate of drug-likeness (QED) is 0.624. The molecule has 9 heteroatoms. The minimum absolute atomic E-state index is 0.0165. The summed E-state index contributed by atoms with van der Waals surface area (Å²) in [5.41, 5.74) is 0.491. The Morgan fingerprint density at radius 2 is 1.78 bits per heavy atom. The summed E-state index contributed by atoms with van der Waals surface area (Å²) < 4.78 is 26.9. The van der Waals surface area contributed by atoms with E-state index in [4.69, 9.17) is 0 Å². The fourth-order valence-electron chi connectivity index (χ4n) is 3.03. The van der Waals surface area contributed by atoms with E-state index in [2.05, 4.69) is 5.32 Å². The summed E-state index contributed by atoms with van der Waals surface area (Å²) in [6, 6.07) is 13.8. The monoisotopic (exact) mass is 389 g/mol. The minimum atomic E-state index is -3.81. The van der Waals surface area contributed by atoms with E-state index in [9.17, 15) is 23.3 Å². The van der Waals surface area contributed by atoms with Gasteiger partial charge in [-0.1, -0.05) is 18.2 Å². The summed E-state index contributed by atoms with van der Waals surface area (Å²) in [7, 11) is -3.81. The number of non-ortho nitro benzene ring substituents is 1. The van der Waals surface area contributed by atoms with Gasteiger partial charge in [0.2, 0.25) is 15.9 Å². The van der Waals surface area contributed by atoms with Crippen LogP contribution in [0.4, 0.5) is 11.4 Å². The third-order valence-corrected chi connectivity index (χ3v) is 6.36.